The second-order valence-electron chi connectivity index (χ2n) is 9.93. The van der Waals surface area contributed by atoms with Crippen LogP contribution in [-0.2, 0) is 11.3 Å². The zero-order chi connectivity index (χ0) is 30.3. The second-order valence-corrected chi connectivity index (χ2v) is 10.4. The van der Waals surface area contributed by atoms with Gasteiger partial charge >= 0.3 is 0 Å². The maximum absolute atomic E-state index is 13.6. The summed E-state index contributed by atoms with van der Waals surface area (Å²) in [6, 6.07) is 29.6. The Bertz CT molecular complexity index is 1720. The summed E-state index contributed by atoms with van der Waals surface area (Å²) >= 11 is 6.11. The van der Waals surface area contributed by atoms with Crippen LogP contribution in [0.15, 0.2) is 103 Å². The first-order valence-electron chi connectivity index (χ1n) is 13.6. The molecule has 0 saturated carbocycles. The number of carbonyl (C=O) groups is 2. The molecule has 0 spiro atoms. The Hall–Kier alpha value is -5.08. The molecule has 0 bridgehead atoms. The summed E-state index contributed by atoms with van der Waals surface area (Å²) in [5.74, 6) is 0.734. The van der Waals surface area contributed by atoms with E-state index in [0.717, 1.165) is 16.7 Å². The van der Waals surface area contributed by atoms with Gasteiger partial charge in [0.2, 0.25) is 11.9 Å². The molecular formula is C34H31ClN4O4. The Kier molecular flexibility index (Phi) is 9.08. The fraction of sp³-hybridized carbons (Fsp3) is 0.147. The lowest BCUT2D eigenvalue weighted by atomic mass is 10.1. The van der Waals surface area contributed by atoms with E-state index in [2.05, 4.69) is 5.32 Å². The average Bonchev–Trinajstić information content (AvgIpc) is 3.44. The second kappa shape index (κ2) is 13.3. The topological polar surface area (TPSA) is 85.7 Å². The van der Waals surface area contributed by atoms with Crippen molar-refractivity contribution in [2.75, 3.05) is 26.1 Å². The number of halogens is 1. The molecule has 0 radical (unpaired) electrons. The highest BCUT2D eigenvalue weighted by Gasteiger charge is 2.22. The highest BCUT2D eigenvalue weighted by molar-refractivity contribution is 6.30. The van der Waals surface area contributed by atoms with Gasteiger partial charge in [0, 0.05) is 35.0 Å². The number of hydrogen-bond acceptors (Lipinski definition) is 5. The number of nitrogens with zero attached hydrogens (tertiary/aromatic N) is 3. The number of hydrogen-bond donors (Lipinski definition) is 1. The molecule has 0 unspecified atom stereocenters. The van der Waals surface area contributed by atoms with Crippen molar-refractivity contribution in [1.82, 2.24) is 14.5 Å². The number of aryl methyl sites for hydroxylation is 1. The van der Waals surface area contributed by atoms with E-state index in [9.17, 15) is 9.59 Å². The number of nitrogens with one attached hydrogen (secondary N) is 1. The van der Waals surface area contributed by atoms with Crippen LogP contribution < -0.4 is 14.8 Å². The molecule has 1 aromatic heterocycles. The highest BCUT2D eigenvalue weighted by atomic mass is 35.5. The first-order chi connectivity index (χ1) is 20.8. The van der Waals surface area contributed by atoms with Crippen LogP contribution in [0, 0.1) is 6.92 Å². The van der Waals surface area contributed by atoms with Gasteiger partial charge in [-0.1, -0.05) is 71.8 Å². The summed E-state index contributed by atoms with van der Waals surface area (Å²) in [5, 5.41) is 3.53. The predicted molar refractivity (Wildman–Crippen MR) is 168 cm³/mol. The van der Waals surface area contributed by atoms with Gasteiger partial charge in [-0.15, -0.1) is 0 Å². The molecule has 0 saturated heterocycles. The SMILES string of the molecule is COc1ccc(-n2cc(-c3ccc(Cl)cc3)nc2NC(=O)CN(Cc2ccccc2)C(=O)c2ccc(C)cc2)cc1OC. The van der Waals surface area contributed by atoms with E-state index in [1.165, 1.54) is 4.90 Å². The minimum Gasteiger partial charge on any atom is -0.493 e. The standard InChI is InChI=1S/C34H31ClN4O4/c1-23-9-11-26(12-10-23)33(41)38(20-24-7-5-4-6-8-24)22-32(40)37-34-36-29(25-13-15-27(35)16-14-25)21-39(34)28-17-18-30(42-2)31(19-28)43-3/h4-19,21H,20,22H2,1-3H3,(H,36,37,40). The first-order valence-corrected chi connectivity index (χ1v) is 14.0. The van der Waals surface area contributed by atoms with Crippen molar-refractivity contribution in [3.05, 3.63) is 125 Å². The van der Waals surface area contributed by atoms with Crippen LogP contribution in [-0.4, -0.2) is 47.0 Å². The van der Waals surface area contributed by atoms with E-state index in [1.54, 1.807) is 55.2 Å². The normalized spacial score (nSPS) is 10.7. The molecule has 0 aliphatic carbocycles. The maximum Gasteiger partial charge on any atom is 0.254 e. The van der Waals surface area contributed by atoms with E-state index in [0.29, 0.717) is 33.5 Å². The Labute approximate surface area is 255 Å². The summed E-state index contributed by atoms with van der Waals surface area (Å²) < 4.78 is 12.7. The number of amides is 2. The smallest absolute Gasteiger partial charge is 0.254 e. The highest BCUT2D eigenvalue weighted by Crippen LogP contribution is 2.32. The van der Waals surface area contributed by atoms with Gasteiger partial charge in [-0.25, -0.2) is 4.98 Å². The Balaban J connectivity index is 1.47. The molecule has 5 aromatic rings. The Morgan fingerprint density at radius 3 is 2.26 bits per heavy atom. The molecule has 1 heterocycles. The van der Waals surface area contributed by atoms with Crippen molar-refractivity contribution in [2.45, 2.75) is 13.5 Å². The number of anilines is 1. The van der Waals surface area contributed by atoms with Crippen molar-refractivity contribution < 1.29 is 19.1 Å². The molecule has 0 aliphatic heterocycles. The van der Waals surface area contributed by atoms with Crippen molar-refractivity contribution in [3.8, 4) is 28.4 Å². The minimum absolute atomic E-state index is 0.184. The number of rotatable bonds is 10. The molecule has 2 amide bonds. The number of carbonyl (C=O) groups excluding carboxylic acids is 2. The van der Waals surface area contributed by atoms with Gasteiger partial charge < -0.3 is 14.4 Å². The molecule has 0 fully saturated rings. The lowest BCUT2D eigenvalue weighted by Gasteiger charge is -2.23. The van der Waals surface area contributed by atoms with Crippen molar-refractivity contribution in [2.24, 2.45) is 0 Å². The van der Waals surface area contributed by atoms with Gasteiger partial charge in [-0.2, -0.15) is 0 Å². The van der Waals surface area contributed by atoms with Gasteiger partial charge in [0.1, 0.15) is 6.54 Å². The summed E-state index contributed by atoms with van der Waals surface area (Å²) in [5.41, 5.74) is 4.59. The number of methoxy groups -OCH3 is 2. The van der Waals surface area contributed by atoms with Crippen LogP contribution >= 0.6 is 11.6 Å². The van der Waals surface area contributed by atoms with Gasteiger partial charge in [0.05, 0.1) is 25.6 Å². The number of benzene rings is 4. The average molecular weight is 595 g/mol. The van der Waals surface area contributed by atoms with Crippen LogP contribution in [0.1, 0.15) is 21.5 Å². The quantitative estimate of drug-likeness (QED) is 0.192. The number of imidazole rings is 1. The Morgan fingerprint density at radius 2 is 1.58 bits per heavy atom. The molecule has 9 heteroatoms. The van der Waals surface area contributed by atoms with Gasteiger partial charge in [-0.05, 0) is 48.9 Å². The Morgan fingerprint density at radius 1 is 0.884 bits per heavy atom. The van der Waals surface area contributed by atoms with E-state index >= 15 is 0 Å². The van der Waals surface area contributed by atoms with Crippen molar-refractivity contribution in [3.63, 3.8) is 0 Å². The molecule has 1 N–H and O–H groups in total. The molecule has 0 aliphatic rings. The summed E-state index contributed by atoms with van der Waals surface area (Å²) in [7, 11) is 3.13. The largest absolute Gasteiger partial charge is 0.493 e. The summed E-state index contributed by atoms with van der Waals surface area (Å²) in [4.78, 5) is 33.4. The predicted octanol–water partition coefficient (Wildman–Crippen LogP) is 6.80. The summed E-state index contributed by atoms with van der Waals surface area (Å²) in [6.45, 7) is 2.04. The van der Waals surface area contributed by atoms with Crippen LogP contribution in [0.4, 0.5) is 5.95 Å². The third-order valence-corrected chi connectivity index (χ3v) is 7.13. The monoisotopic (exact) mass is 594 g/mol. The van der Waals surface area contributed by atoms with Crippen LogP contribution in [0.3, 0.4) is 0 Å². The van der Waals surface area contributed by atoms with Crippen LogP contribution in [0.25, 0.3) is 16.9 Å². The molecule has 5 rings (SSSR count). The fourth-order valence-corrected chi connectivity index (χ4v) is 4.75. The third kappa shape index (κ3) is 7.05. The fourth-order valence-electron chi connectivity index (χ4n) is 4.62. The van der Waals surface area contributed by atoms with Gasteiger partial charge in [0.15, 0.2) is 11.5 Å². The van der Waals surface area contributed by atoms with Gasteiger partial charge in [-0.3, -0.25) is 19.5 Å². The van der Waals surface area contributed by atoms with Crippen molar-refractivity contribution >= 4 is 29.4 Å². The summed E-state index contributed by atoms with van der Waals surface area (Å²) in [6.07, 6.45) is 1.82. The lowest BCUT2D eigenvalue weighted by molar-refractivity contribution is -0.117. The third-order valence-electron chi connectivity index (χ3n) is 6.88. The molecular weight excluding hydrogens is 564 g/mol. The van der Waals surface area contributed by atoms with Crippen LogP contribution in [0.2, 0.25) is 5.02 Å². The van der Waals surface area contributed by atoms with E-state index in [-0.39, 0.29) is 24.9 Å². The molecule has 4 aromatic carbocycles. The first kappa shape index (κ1) is 29.4. The molecule has 8 nitrogen and oxygen atoms in total. The number of aromatic nitrogens is 2. The molecule has 218 valence electrons. The number of ether oxygens (including phenoxy) is 2. The van der Waals surface area contributed by atoms with Crippen LogP contribution in [0.5, 0.6) is 11.5 Å². The van der Waals surface area contributed by atoms with E-state index < -0.39 is 5.91 Å². The van der Waals surface area contributed by atoms with Gasteiger partial charge in [0.25, 0.3) is 5.91 Å². The maximum atomic E-state index is 13.6. The molecule has 43 heavy (non-hydrogen) atoms. The minimum atomic E-state index is -0.397. The molecule has 0 atom stereocenters. The lowest BCUT2D eigenvalue weighted by Crippen LogP contribution is -2.38. The van der Waals surface area contributed by atoms with E-state index in [1.807, 2.05) is 73.8 Å². The van der Waals surface area contributed by atoms with Crippen molar-refractivity contribution in [1.29, 1.82) is 0 Å². The zero-order valence-corrected chi connectivity index (χ0v) is 24.8. The zero-order valence-electron chi connectivity index (χ0n) is 24.1. The van der Waals surface area contributed by atoms with E-state index in [4.69, 9.17) is 26.1 Å².